The highest BCUT2D eigenvalue weighted by molar-refractivity contribution is 5.97. The van der Waals surface area contributed by atoms with E-state index in [0.29, 0.717) is 24.5 Å². The number of nitrogens with zero attached hydrogens (tertiary/aromatic N) is 2. The molecule has 3 heterocycles. The largest absolute Gasteiger partial charge is 0.497 e. The number of hydrogen-bond donors (Lipinski definition) is 1. The van der Waals surface area contributed by atoms with Gasteiger partial charge in [0.25, 0.3) is 0 Å². The van der Waals surface area contributed by atoms with Crippen molar-refractivity contribution in [2.75, 3.05) is 27.9 Å². The zero-order chi connectivity index (χ0) is 26.4. The third kappa shape index (κ3) is 3.84. The Hall–Kier alpha value is -4.46. The lowest BCUT2D eigenvalue weighted by molar-refractivity contribution is -0.159. The number of aromatic amines is 1. The van der Waals surface area contributed by atoms with Gasteiger partial charge in [-0.3, -0.25) is 9.59 Å². The van der Waals surface area contributed by atoms with Gasteiger partial charge in [0.05, 0.1) is 27.4 Å². The van der Waals surface area contributed by atoms with Gasteiger partial charge in [-0.1, -0.05) is 36.4 Å². The van der Waals surface area contributed by atoms with Gasteiger partial charge >= 0.3 is 0 Å². The smallest absolute Gasteiger partial charge is 0.246 e. The van der Waals surface area contributed by atoms with E-state index in [0.717, 1.165) is 39.0 Å². The van der Waals surface area contributed by atoms with Crippen LogP contribution < -0.4 is 14.2 Å². The van der Waals surface area contributed by atoms with Crippen molar-refractivity contribution >= 4 is 22.7 Å². The fourth-order valence-corrected chi connectivity index (χ4v) is 5.82. The second-order valence-corrected chi connectivity index (χ2v) is 9.65. The second-order valence-electron chi connectivity index (χ2n) is 9.65. The average Bonchev–Trinajstić information content (AvgIpc) is 3.32. The number of piperazine rings is 1. The molecule has 1 aromatic heterocycles. The Morgan fingerprint density at radius 2 is 1.71 bits per heavy atom. The van der Waals surface area contributed by atoms with E-state index in [9.17, 15) is 9.59 Å². The monoisotopic (exact) mass is 511 g/mol. The summed E-state index contributed by atoms with van der Waals surface area (Å²) in [5.41, 5.74) is 4.74. The first kappa shape index (κ1) is 23.9. The van der Waals surface area contributed by atoms with Crippen LogP contribution >= 0.6 is 0 Å². The Kier molecular flexibility index (Phi) is 5.94. The van der Waals surface area contributed by atoms with Crippen LogP contribution in [0.15, 0.2) is 66.7 Å². The molecule has 2 amide bonds. The number of hydrogen-bond acceptors (Lipinski definition) is 5. The van der Waals surface area contributed by atoms with Gasteiger partial charge in [-0.25, -0.2) is 0 Å². The topological polar surface area (TPSA) is 84.1 Å². The number of carbonyl (C=O) groups excluding carboxylic acids is 2. The lowest BCUT2D eigenvalue weighted by atomic mass is 9.86. The highest BCUT2D eigenvalue weighted by Crippen LogP contribution is 2.44. The van der Waals surface area contributed by atoms with Crippen LogP contribution in [0.1, 0.15) is 28.4 Å². The maximum Gasteiger partial charge on any atom is 0.246 e. The van der Waals surface area contributed by atoms with Gasteiger partial charge in [0, 0.05) is 29.6 Å². The standard InChI is InChI=1S/C30H29N3O5/c1-36-20-8-6-7-18(13-20)16-32-17-27(34)33-24(30(32)35)15-22-21-9-4-5-10-23(21)31-28(22)29(33)19-11-12-25(37-2)26(14-19)38-3/h4-14,24,29,31H,15-17H2,1-3H3/t24-,29?/m0/s1. The molecular formula is C30H29N3O5. The molecule has 1 saturated heterocycles. The van der Waals surface area contributed by atoms with Crippen molar-refractivity contribution in [2.24, 2.45) is 0 Å². The Morgan fingerprint density at radius 1 is 0.895 bits per heavy atom. The minimum atomic E-state index is -0.619. The predicted octanol–water partition coefficient (Wildman–Crippen LogP) is 4.08. The Bertz CT molecular complexity index is 1540. The Balaban J connectivity index is 1.44. The minimum absolute atomic E-state index is 0.00585. The van der Waals surface area contributed by atoms with Gasteiger partial charge in [-0.05, 0) is 47.0 Å². The normalized spacial score (nSPS) is 18.8. The van der Waals surface area contributed by atoms with Crippen molar-refractivity contribution in [2.45, 2.75) is 25.0 Å². The van der Waals surface area contributed by atoms with Gasteiger partial charge in [-0.2, -0.15) is 0 Å². The molecule has 0 bridgehead atoms. The number of carbonyl (C=O) groups is 2. The zero-order valence-electron chi connectivity index (χ0n) is 21.6. The van der Waals surface area contributed by atoms with Gasteiger partial charge in [0.2, 0.25) is 11.8 Å². The molecule has 0 spiro atoms. The van der Waals surface area contributed by atoms with Crippen LogP contribution in [0.5, 0.6) is 17.2 Å². The summed E-state index contributed by atoms with van der Waals surface area (Å²) in [6.45, 7) is 0.347. The van der Waals surface area contributed by atoms with Gasteiger partial charge < -0.3 is 29.0 Å². The number of benzene rings is 3. The molecule has 1 N–H and O–H groups in total. The first-order valence-corrected chi connectivity index (χ1v) is 12.6. The van der Waals surface area contributed by atoms with E-state index >= 15 is 0 Å². The van der Waals surface area contributed by atoms with Gasteiger partial charge in [-0.15, -0.1) is 0 Å². The van der Waals surface area contributed by atoms with Crippen LogP contribution in [0.4, 0.5) is 0 Å². The third-order valence-electron chi connectivity index (χ3n) is 7.57. The molecule has 3 aromatic carbocycles. The fraction of sp³-hybridized carbons (Fsp3) is 0.267. The van der Waals surface area contributed by atoms with E-state index < -0.39 is 12.1 Å². The molecule has 2 aliphatic heterocycles. The predicted molar refractivity (Wildman–Crippen MR) is 142 cm³/mol. The van der Waals surface area contributed by atoms with Crippen LogP contribution in [0, 0.1) is 0 Å². The molecule has 194 valence electrons. The van der Waals surface area contributed by atoms with Gasteiger partial charge in [0.1, 0.15) is 18.3 Å². The SMILES string of the molecule is COc1cccc(CN2CC(=O)N3C(c4ccc(OC)c(OC)c4)c4[nH]c5ccccc5c4C[C@H]3C2=O)c1. The lowest BCUT2D eigenvalue weighted by Crippen LogP contribution is -2.62. The molecule has 2 aliphatic rings. The number of nitrogens with one attached hydrogen (secondary N) is 1. The number of methoxy groups -OCH3 is 3. The maximum atomic E-state index is 14.0. The highest BCUT2D eigenvalue weighted by Gasteiger charge is 2.48. The van der Waals surface area contributed by atoms with Crippen molar-refractivity contribution in [3.63, 3.8) is 0 Å². The van der Waals surface area contributed by atoms with Gasteiger partial charge in [0.15, 0.2) is 11.5 Å². The molecule has 2 atom stereocenters. The summed E-state index contributed by atoms with van der Waals surface area (Å²) in [6.07, 6.45) is 0.447. The molecule has 38 heavy (non-hydrogen) atoms. The van der Waals surface area contributed by atoms with Crippen LogP contribution in [0.25, 0.3) is 10.9 Å². The number of rotatable bonds is 6. The summed E-state index contributed by atoms with van der Waals surface area (Å²) < 4.78 is 16.4. The molecule has 6 rings (SSSR count). The van der Waals surface area contributed by atoms with Crippen LogP contribution in [0.2, 0.25) is 0 Å². The molecule has 0 aliphatic carbocycles. The van der Waals surface area contributed by atoms with Crippen LogP contribution in [0.3, 0.4) is 0 Å². The number of fused-ring (bicyclic) bond motifs is 4. The highest BCUT2D eigenvalue weighted by atomic mass is 16.5. The Labute approximate surface area is 220 Å². The van der Waals surface area contributed by atoms with Crippen molar-refractivity contribution in [3.8, 4) is 17.2 Å². The van der Waals surface area contributed by atoms with Crippen molar-refractivity contribution in [1.29, 1.82) is 0 Å². The zero-order valence-corrected chi connectivity index (χ0v) is 21.6. The van der Waals surface area contributed by atoms with E-state index in [-0.39, 0.29) is 18.4 Å². The van der Waals surface area contributed by atoms with Crippen molar-refractivity contribution in [3.05, 3.63) is 89.1 Å². The molecule has 1 unspecified atom stereocenters. The summed E-state index contributed by atoms with van der Waals surface area (Å²) in [4.78, 5) is 34.8. The van der Waals surface area contributed by atoms with Crippen LogP contribution in [-0.2, 0) is 22.6 Å². The first-order chi connectivity index (χ1) is 18.5. The molecule has 4 aromatic rings. The number of ether oxygens (including phenoxy) is 3. The summed E-state index contributed by atoms with van der Waals surface area (Å²) >= 11 is 0. The molecule has 8 heteroatoms. The average molecular weight is 512 g/mol. The summed E-state index contributed by atoms with van der Waals surface area (Å²) in [5, 5.41) is 1.07. The quantitative estimate of drug-likeness (QED) is 0.422. The fourth-order valence-electron chi connectivity index (χ4n) is 5.82. The van der Waals surface area contributed by atoms with E-state index in [2.05, 4.69) is 11.1 Å². The first-order valence-electron chi connectivity index (χ1n) is 12.6. The number of H-pyrrole nitrogens is 1. The van der Waals surface area contributed by atoms with E-state index in [4.69, 9.17) is 14.2 Å². The Morgan fingerprint density at radius 3 is 2.50 bits per heavy atom. The van der Waals surface area contributed by atoms with E-state index in [1.807, 2.05) is 60.7 Å². The molecular weight excluding hydrogens is 482 g/mol. The van der Waals surface area contributed by atoms with Crippen LogP contribution in [-0.4, -0.2) is 60.5 Å². The van der Waals surface area contributed by atoms with E-state index in [1.54, 1.807) is 31.1 Å². The molecule has 1 fully saturated rings. The number of amides is 2. The third-order valence-corrected chi connectivity index (χ3v) is 7.57. The lowest BCUT2D eigenvalue weighted by Gasteiger charge is -2.47. The van der Waals surface area contributed by atoms with E-state index in [1.165, 1.54) is 0 Å². The summed E-state index contributed by atoms with van der Waals surface area (Å²) in [7, 11) is 4.79. The minimum Gasteiger partial charge on any atom is -0.497 e. The second kappa shape index (κ2) is 9.45. The van der Waals surface area contributed by atoms with Crippen molar-refractivity contribution in [1.82, 2.24) is 14.8 Å². The van der Waals surface area contributed by atoms with Crippen molar-refractivity contribution < 1.29 is 23.8 Å². The maximum absolute atomic E-state index is 14.0. The summed E-state index contributed by atoms with van der Waals surface area (Å²) in [5.74, 6) is 1.73. The molecule has 8 nitrogen and oxygen atoms in total. The molecule has 0 saturated carbocycles. The number of aromatic nitrogens is 1. The number of para-hydroxylation sites is 1. The summed E-state index contributed by atoms with van der Waals surface area (Å²) in [6, 6.07) is 20.2. The molecule has 0 radical (unpaired) electrons.